The van der Waals surface area contributed by atoms with Gasteiger partial charge in [-0.15, -0.1) is 0 Å². The van der Waals surface area contributed by atoms with Gasteiger partial charge in [0.05, 0.1) is 5.52 Å². The van der Waals surface area contributed by atoms with E-state index < -0.39 is 46.5 Å². The van der Waals surface area contributed by atoms with Gasteiger partial charge in [0, 0.05) is 23.2 Å². The van der Waals surface area contributed by atoms with Crippen molar-refractivity contribution in [2.24, 2.45) is 0 Å². The molecule has 0 aliphatic rings. The zero-order chi connectivity index (χ0) is 21.7. The summed E-state index contributed by atoms with van der Waals surface area (Å²) in [6.45, 7) is 3.07. The molecule has 4 rings (SSSR count). The lowest BCUT2D eigenvalue weighted by Gasteiger charge is -2.18. The molecule has 2 aromatic carbocycles. The summed E-state index contributed by atoms with van der Waals surface area (Å²) in [6, 6.07) is 7.06. The molecule has 1 N–H and O–H groups in total. The highest BCUT2D eigenvalue weighted by Gasteiger charge is 2.26. The van der Waals surface area contributed by atoms with Crippen molar-refractivity contribution < 1.29 is 22.4 Å². The molecule has 0 unspecified atom stereocenters. The lowest BCUT2D eigenvalue weighted by Crippen LogP contribution is -2.28. The van der Waals surface area contributed by atoms with Crippen LogP contribution in [0.25, 0.3) is 16.6 Å². The number of aryl methyl sites for hydroxylation is 1. The van der Waals surface area contributed by atoms with Gasteiger partial charge in [-0.3, -0.25) is 14.3 Å². The third kappa shape index (κ3) is 2.92. The highest BCUT2D eigenvalue weighted by atomic mass is 19.2. The van der Waals surface area contributed by atoms with Crippen molar-refractivity contribution >= 4 is 28.1 Å². The Morgan fingerprint density at radius 1 is 1.07 bits per heavy atom. The Bertz CT molecular complexity index is 1370. The van der Waals surface area contributed by atoms with E-state index in [9.17, 15) is 27.2 Å². The topological polar surface area (TPSA) is 68.4 Å². The van der Waals surface area contributed by atoms with Crippen molar-refractivity contribution in [1.29, 1.82) is 0 Å². The molecule has 6 nitrogen and oxygen atoms in total. The van der Waals surface area contributed by atoms with E-state index in [2.05, 4.69) is 4.98 Å². The molecule has 0 saturated heterocycles. The van der Waals surface area contributed by atoms with Crippen LogP contribution >= 0.6 is 0 Å². The van der Waals surface area contributed by atoms with Gasteiger partial charge in [0.2, 0.25) is 5.91 Å². The molecular weight excluding hydrogens is 404 g/mol. The number of carbonyl (C=O) groups is 1. The zero-order valence-electron chi connectivity index (χ0n) is 15.7. The molecule has 1 amide bonds. The van der Waals surface area contributed by atoms with Gasteiger partial charge in [0.25, 0.3) is 5.56 Å². The summed E-state index contributed by atoms with van der Waals surface area (Å²) in [5.41, 5.74) is -0.397. The van der Waals surface area contributed by atoms with Gasteiger partial charge in [-0.1, -0.05) is 12.1 Å². The molecule has 2 heterocycles. The van der Waals surface area contributed by atoms with E-state index in [4.69, 9.17) is 0 Å². The third-order valence-electron chi connectivity index (χ3n) is 4.80. The van der Waals surface area contributed by atoms with E-state index in [0.29, 0.717) is 22.2 Å². The molecule has 10 heteroatoms. The first kappa shape index (κ1) is 19.6. The number of benzene rings is 2. The Morgan fingerprint density at radius 3 is 2.37 bits per heavy atom. The number of hydrogen-bond acceptors (Lipinski definition) is 3. The maximum atomic E-state index is 14.0. The summed E-state index contributed by atoms with van der Waals surface area (Å²) < 4.78 is 57.9. The first-order chi connectivity index (χ1) is 14.2. The normalized spacial score (nSPS) is 12.5. The van der Waals surface area contributed by atoms with Crippen LogP contribution in [0.4, 0.5) is 23.2 Å². The number of halogens is 4. The summed E-state index contributed by atoms with van der Waals surface area (Å²) in [6.07, 6.45) is 0. The highest BCUT2D eigenvalue weighted by molar-refractivity contribution is 5.97. The number of para-hydroxylation sites is 1. The summed E-state index contributed by atoms with van der Waals surface area (Å²) >= 11 is 0. The minimum atomic E-state index is -1.71. The maximum absolute atomic E-state index is 14.0. The van der Waals surface area contributed by atoms with Crippen LogP contribution in [0, 0.1) is 30.2 Å². The number of carbonyl (C=O) groups excluding carboxylic acids is 1. The first-order valence-electron chi connectivity index (χ1n) is 8.84. The molecule has 4 aromatic rings. The van der Waals surface area contributed by atoms with Crippen LogP contribution in [0.3, 0.4) is 0 Å². The van der Waals surface area contributed by atoms with E-state index in [1.807, 2.05) is 5.32 Å². The van der Waals surface area contributed by atoms with Gasteiger partial charge >= 0.3 is 0 Å². The van der Waals surface area contributed by atoms with Crippen LogP contribution in [0.5, 0.6) is 0 Å². The second-order valence-corrected chi connectivity index (χ2v) is 6.74. The third-order valence-corrected chi connectivity index (χ3v) is 4.80. The SMILES string of the molecule is Cc1cc(=O)nc2c3ccccc3n([C@@H](C)C(=O)Nc3c(F)c(F)cc(F)c3F)n12. The number of nitrogens with zero attached hydrogens (tertiary/aromatic N) is 3. The van der Waals surface area contributed by atoms with E-state index in [-0.39, 0.29) is 6.07 Å². The van der Waals surface area contributed by atoms with Gasteiger partial charge in [-0.25, -0.2) is 22.1 Å². The van der Waals surface area contributed by atoms with Crippen LogP contribution < -0.4 is 10.9 Å². The zero-order valence-corrected chi connectivity index (χ0v) is 15.7. The van der Waals surface area contributed by atoms with Crippen molar-refractivity contribution in [3.05, 3.63) is 75.7 Å². The molecule has 0 saturated carbocycles. The lowest BCUT2D eigenvalue weighted by molar-refractivity contribution is -0.119. The molecule has 0 bridgehead atoms. The summed E-state index contributed by atoms with van der Waals surface area (Å²) in [5.74, 6) is -7.62. The van der Waals surface area contributed by atoms with Crippen LogP contribution in [0.15, 0.2) is 41.2 Å². The smallest absolute Gasteiger partial charge is 0.273 e. The number of hydrogen-bond donors (Lipinski definition) is 1. The second kappa shape index (κ2) is 6.97. The van der Waals surface area contributed by atoms with Crippen LogP contribution in [-0.4, -0.2) is 20.1 Å². The molecule has 0 aliphatic heterocycles. The Labute approximate surface area is 166 Å². The predicted molar refractivity (Wildman–Crippen MR) is 101 cm³/mol. The molecule has 154 valence electrons. The molecule has 30 heavy (non-hydrogen) atoms. The number of rotatable bonds is 3. The van der Waals surface area contributed by atoms with E-state index in [1.165, 1.54) is 22.2 Å². The Hall–Kier alpha value is -3.69. The van der Waals surface area contributed by atoms with Crippen LogP contribution in [-0.2, 0) is 4.79 Å². The quantitative estimate of drug-likeness (QED) is 0.407. The standard InChI is InChI=1S/C20H14F4N4O2/c1-9-7-15(29)25-19-11-5-3-4-6-14(11)28(27(9)19)10(2)20(30)26-18-16(23)12(21)8-13(22)17(18)24/h3-8,10H,1-2H3,(H,26,30)/t10-/m0/s1. The molecular formula is C20H14F4N4O2. The fraction of sp³-hybridized carbons (Fsp3) is 0.150. The Kier molecular flexibility index (Phi) is 4.56. The number of amides is 1. The minimum Gasteiger partial charge on any atom is -0.319 e. The first-order valence-corrected chi connectivity index (χ1v) is 8.84. The van der Waals surface area contributed by atoms with Crippen molar-refractivity contribution in [3.8, 4) is 0 Å². The summed E-state index contributed by atoms with van der Waals surface area (Å²) in [4.78, 5) is 28.7. The molecule has 0 fully saturated rings. The molecule has 0 spiro atoms. The fourth-order valence-corrected chi connectivity index (χ4v) is 3.41. The number of anilines is 1. The molecule has 2 aromatic heterocycles. The van der Waals surface area contributed by atoms with Gasteiger partial charge < -0.3 is 5.32 Å². The lowest BCUT2D eigenvalue weighted by atomic mass is 10.2. The van der Waals surface area contributed by atoms with E-state index in [1.54, 1.807) is 31.2 Å². The Balaban J connectivity index is 1.87. The van der Waals surface area contributed by atoms with Crippen molar-refractivity contribution in [2.75, 3.05) is 5.32 Å². The van der Waals surface area contributed by atoms with Crippen molar-refractivity contribution in [1.82, 2.24) is 14.2 Å². The monoisotopic (exact) mass is 418 g/mol. The van der Waals surface area contributed by atoms with Crippen molar-refractivity contribution in [2.45, 2.75) is 19.9 Å². The van der Waals surface area contributed by atoms with Crippen LogP contribution in [0.2, 0.25) is 0 Å². The fourth-order valence-electron chi connectivity index (χ4n) is 3.41. The van der Waals surface area contributed by atoms with Crippen LogP contribution in [0.1, 0.15) is 18.7 Å². The number of fused-ring (bicyclic) bond motifs is 3. The number of aromatic nitrogens is 3. The van der Waals surface area contributed by atoms with Gasteiger partial charge in [0.1, 0.15) is 11.7 Å². The minimum absolute atomic E-state index is 0.0576. The van der Waals surface area contributed by atoms with Crippen molar-refractivity contribution in [3.63, 3.8) is 0 Å². The van der Waals surface area contributed by atoms with Gasteiger partial charge in [-0.2, -0.15) is 4.98 Å². The molecule has 0 radical (unpaired) electrons. The summed E-state index contributed by atoms with van der Waals surface area (Å²) in [7, 11) is 0. The molecule has 1 atom stereocenters. The largest absolute Gasteiger partial charge is 0.319 e. The average molecular weight is 418 g/mol. The average Bonchev–Trinajstić information content (AvgIpc) is 3.03. The molecule has 0 aliphatic carbocycles. The van der Waals surface area contributed by atoms with E-state index in [0.717, 1.165) is 0 Å². The number of nitrogens with one attached hydrogen (secondary N) is 1. The summed E-state index contributed by atoms with van der Waals surface area (Å²) in [5, 5.41) is 2.50. The van der Waals surface area contributed by atoms with E-state index >= 15 is 0 Å². The predicted octanol–water partition coefficient (Wildman–Crippen LogP) is 3.71. The van der Waals surface area contributed by atoms with Gasteiger partial charge in [0.15, 0.2) is 28.9 Å². The highest BCUT2D eigenvalue weighted by Crippen LogP contribution is 2.28. The second-order valence-electron chi connectivity index (χ2n) is 6.74. The Morgan fingerprint density at radius 2 is 1.70 bits per heavy atom. The van der Waals surface area contributed by atoms with Gasteiger partial charge in [-0.05, 0) is 26.0 Å². The maximum Gasteiger partial charge on any atom is 0.273 e.